The predicted molar refractivity (Wildman–Crippen MR) is 112 cm³/mol. The number of hydrogen-bond donors (Lipinski definition) is 1. The molecule has 132 valence electrons. The monoisotopic (exact) mass is 498 g/mol. The molecule has 0 atom stereocenters. The quantitative estimate of drug-likeness (QED) is 0.340. The number of methoxy groups -OCH3 is 1. The number of hydrogen-bond acceptors (Lipinski definition) is 3. The van der Waals surface area contributed by atoms with E-state index in [9.17, 15) is 0 Å². The summed E-state index contributed by atoms with van der Waals surface area (Å²) in [6, 6.07) is 8.25. The van der Waals surface area contributed by atoms with Crippen molar-refractivity contribution in [1.82, 2.24) is 15.1 Å². The fourth-order valence-corrected chi connectivity index (χ4v) is 2.47. The van der Waals surface area contributed by atoms with Crippen LogP contribution in [0.25, 0.3) is 0 Å². The molecule has 7 heteroatoms. The van der Waals surface area contributed by atoms with E-state index in [4.69, 9.17) is 4.74 Å². The Morgan fingerprint density at radius 1 is 1.26 bits per heavy atom. The van der Waals surface area contributed by atoms with Gasteiger partial charge in [-0.05, 0) is 18.7 Å². The van der Waals surface area contributed by atoms with Gasteiger partial charge in [0.15, 0.2) is 5.96 Å². The second kappa shape index (κ2) is 13.0. The third-order valence-corrected chi connectivity index (χ3v) is 4.17. The van der Waals surface area contributed by atoms with Crippen molar-refractivity contribution in [3.63, 3.8) is 0 Å². The maximum Gasteiger partial charge on any atom is 0.193 e. The molecular weight excluding hydrogens is 471 g/mol. The van der Waals surface area contributed by atoms with Crippen LogP contribution in [0, 0.1) is 0 Å². The summed E-state index contributed by atoms with van der Waals surface area (Å²) in [5.41, 5.74) is 1.24. The maximum atomic E-state index is 5.08. The first-order valence-corrected chi connectivity index (χ1v) is 8.20. The molecule has 0 aromatic heterocycles. The smallest absolute Gasteiger partial charge is 0.193 e. The lowest BCUT2D eigenvalue weighted by Gasteiger charge is -2.24. The van der Waals surface area contributed by atoms with Crippen molar-refractivity contribution >= 4 is 45.9 Å². The Kier molecular flexibility index (Phi) is 12.8. The van der Waals surface area contributed by atoms with E-state index in [0.717, 1.165) is 43.2 Å². The number of ether oxygens (including phenoxy) is 1. The maximum absolute atomic E-state index is 5.08. The Morgan fingerprint density at radius 2 is 1.96 bits per heavy atom. The van der Waals surface area contributed by atoms with Crippen LogP contribution in [0.1, 0.15) is 5.56 Å². The molecule has 0 spiro atoms. The normalized spacial score (nSPS) is 11.3. The van der Waals surface area contributed by atoms with Crippen molar-refractivity contribution in [1.29, 1.82) is 0 Å². The van der Waals surface area contributed by atoms with Crippen LogP contribution in [0.2, 0.25) is 0 Å². The van der Waals surface area contributed by atoms with Gasteiger partial charge >= 0.3 is 0 Å². The Labute approximate surface area is 165 Å². The fourth-order valence-electron chi connectivity index (χ4n) is 2.06. The molecule has 0 aliphatic rings. The zero-order chi connectivity index (χ0) is 16.4. The second-order valence-corrected chi connectivity index (χ2v) is 6.07. The van der Waals surface area contributed by atoms with Gasteiger partial charge in [-0.2, -0.15) is 0 Å². The molecular formula is C16H28BrIN4O. The summed E-state index contributed by atoms with van der Waals surface area (Å²) < 4.78 is 6.20. The van der Waals surface area contributed by atoms with E-state index in [1.165, 1.54) is 5.56 Å². The summed E-state index contributed by atoms with van der Waals surface area (Å²) in [4.78, 5) is 8.70. The molecule has 0 saturated heterocycles. The zero-order valence-electron chi connectivity index (χ0n) is 14.4. The van der Waals surface area contributed by atoms with E-state index < -0.39 is 0 Å². The minimum Gasteiger partial charge on any atom is -0.383 e. The second-order valence-electron chi connectivity index (χ2n) is 5.22. The van der Waals surface area contributed by atoms with E-state index >= 15 is 0 Å². The predicted octanol–water partition coefficient (Wildman–Crippen LogP) is 2.65. The molecule has 0 unspecified atom stereocenters. The Bertz CT molecular complexity index is 473. The molecule has 1 aromatic carbocycles. The van der Waals surface area contributed by atoms with E-state index in [0.29, 0.717) is 0 Å². The summed E-state index contributed by atoms with van der Waals surface area (Å²) in [5.74, 6) is 0.899. The first-order valence-electron chi connectivity index (χ1n) is 7.41. The fraction of sp³-hybridized carbons (Fsp3) is 0.562. The van der Waals surface area contributed by atoms with Crippen LogP contribution >= 0.6 is 39.9 Å². The molecule has 0 fully saturated rings. The highest BCUT2D eigenvalue weighted by atomic mass is 127. The molecule has 0 amide bonds. The number of rotatable bonds is 8. The van der Waals surface area contributed by atoms with E-state index in [1.54, 1.807) is 7.11 Å². The van der Waals surface area contributed by atoms with Gasteiger partial charge in [-0.25, -0.2) is 0 Å². The molecule has 0 heterocycles. The first kappa shape index (κ1) is 22.6. The van der Waals surface area contributed by atoms with Gasteiger partial charge in [0.1, 0.15) is 0 Å². The highest BCUT2D eigenvalue weighted by Gasteiger charge is 2.08. The van der Waals surface area contributed by atoms with Crippen molar-refractivity contribution in [3.8, 4) is 0 Å². The summed E-state index contributed by atoms with van der Waals surface area (Å²) in [7, 11) is 7.68. The number of halogens is 2. The van der Waals surface area contributed by atoms with Crippen molar-refractivity contribution in [2.24, 2.45) is 4.99 Å². The van der Waals surface area contributed by atoms with Gasteiger partial charge < -0.3 is 19.9 Å². The molecule has 0 radical (unpaired) electrons. The third kappa shape index (κ3) is 8.88. The van der Waals surface area contributed by atoms with Crippen LogP contribution < -0.4 is 5.32 Å². The van der Waals surface area contributed by atoms with Gasteiger partial charge in [0.25, 0.3) is 0 Å². The molecule has 23 heavy (non-hydrogen) atoms. The van der Waals surface area contributed by atoms with Crippen molar-refractivity contribution in [3.05, 3.63) is 34.3 Å². The van der Waals surface area contributed by atoms with Gasteiger partial charge in [-0.1, -0.05) is 34.1 Å². The molecule has 0 aliphatic carbocycles. The van der Waals surface area contributed by atoms with Gasteiger partial charge in [0.05, 0.1) is 6.61 Å². The highest BCUT2D eigenvalue weighted by Crippen LogP contribution is 2.17. The lowest BCUT2D eigenvalue weighted by atomic mass is 10.2. The lowest BCUT2D eigenvalue weighted by molar-refractivity contribution is 0.162. The van der Waals surface area contributed by atoms with E-state index in [-0.39, 0.29) is 24.0 Å². The van der Waals surface area contributed by atoms with E-state index in [1.807, 2.05) is 20.2 Å². The molecule has 1 rings (SSSR count). The highest BCUT2D eigenvalue weighted by molar-refractivity contribution is 14.0. The average Bonchev–Trinajstić information content (AvgIpc) is 2.51. The first-order chi connectivity index (χ1) is 10.6. The molecule has 1 aromatic rings. The van der Waals surface area contributed by atoms with Crippen LogP contribution in [-0.4, -0.2) is 70.3 Å². The summed E-state index contributed by atoms with van der Waals surface area (Å²) in [6.07, 6.45) is 0. The van der Waals surface area contributed by atoms with Gasteiger partial charge in [0.2, 0.25) is 0 Å². The SMILES string of the molecule is CN=C(NCCN(C)CCOC)N(C)Cc1ccccc1Br.I. The number of aliphatic imine (C=N–C) groups is 1. The van der Waals surface area contributed by atoms with Crippen molar-refractivity contribution in [2.75, 3.05) is 54.5 Å². The molecule has 5 nitrogen and oxygen atoms in total. The topological polar surface area (TPSA) is 40.1 Å². The summed E-state index contributed by atoms with van der Waals surface area (Å²) >= 11 is 3.59. The van der Waals surface area contributed by atoms with E-state index in [2.05, 4.69) is 61.3 Å². The van der Waals surface area contributed by atoms with Crippen LogP contribution in [0.5, 0.6) is 0 Å². The number of benzene rings is 1. The largest absolute Gasteiger partial charge is 0.383 e. The standard InChI is InChI=1S/C16H27BrN4O.HI/c1-18-16(19-9-10-20(2)11-12-22-4)21(3)13-14-7-5-6-8-15(14)17;/h5-8H,9-13H2,1-4H3,(H,18,19);1H. The number of guanidine groups is 1. The van der Waals surface area contributed by atoms with Crippen molar-refractivity contribution < 1.29 is 4.74 Å². The van der Waals surface area contributed by atoms with Crippen molar-refractivity contribution in [2.45, 2.75) is 6.54 Å². The van der Waals surface area contributed by atoms with Crippen LogP contribution in [0.3, 0.4) is 0 Å². The van der Waals surface area contributed by atoms with Gasteiger partial charge in [0, 0.05) is 51.9 Å². The number of likely N-dealkylation sites (N-methyl/N-ethyl adjacent to an activating group) is 1. The Hall–Kier alpha value is -0.380. The minimum absolute atomic E-state index is 0. The number of nitrogens with zero attached hydrogens (tertiary/aromatic N) is 3. The van der Waals surface area contributed by atoms with Crippen LogP contribution in [0.15, 0.2) is 33.7 Å². The van der Waals surface area contributed by atoms with Gasteiger partial charge in [-0.3, -0.25) is 4.99 Å². The summed E-state index contributed by atoms with van der Waals surface area (Å²) in [6.45, 7) is 4.30. The van der Waals surface area contributed by atoms with Gasteiger partial charge in [-0.15, -0.1) is 24.0 Å². The summed E-state index contributed by atoms with van der Waals surface area (Å²) in [5, 5.41) is 3.39. The minimum atomic E-state index is 0. The number of nitrogens with one attached hydrogen (secondary N) is 1. The lowest BCUT2D eigenvalue weighted by Crippen LogP contribution is -2.42. The molecule has 1 N–H and O–H groups in total. The average molecular weight is 499 g/mol. The third-order valence-electron chi connectivity index (χ3n) is 3.39. The zero-order valence-corrected chi connectivity index (χ0v) is 18.3. The van der Waals surface area contributed by atoms with Crippen LogP contribution in [-0.2, 0) is 11.3 Å². The molecule has 0 bridgehead atoms. The van der Waals surface area contributed by atoms with Crippen LogP contribution in [0.4, 0.5) is 0 Å². The molecule has 0 saturated carbocycles. The Morgan fingerprint density at radius 3 is 2.57 bits per heavy atom. The Balaban J connectivity index is 0.00000484. The molecule has 0 aliphatic heterocycles.